The minimum Gasteiger partial charge on any atom is -0.444 e. The number of hydrogen-bond donors (Lipinski definition) is 1. The Hall–Kier alpha value is -2.21. The standard InChI is InChI=1S/C21H28FN3O2/c1-21(2,3)18-13-23-19(27-18)14-25-10-8-16(9-11-25)20(26)24-12-15-4-6-17(22)7-5-15/h4-7,13,16H,8-12,14H2,1-3H3,(H,24,26). The average molecular weight is 373 g/mol. The number of oxazole rings is 1. The first kappa shape index (κ1) is 19.5. The van der Waals surface area contributed by atoms with Crippen LogP contribution in [0.3, 0.4) is 0 Å². The van der Waals surface area contributed by atoms with Crippen molar-refractivity contribution in [3.8, 4) is 0 Å². The third kappa shape index (κ3) is 5.39. The molecule has 2 heterocycles. The maximum Gasteiger partial charge on any atom is 0.223 e. The van der Waals surface area contributed by atoms with Gasteiger partial charge in [0.25, 0.3) is 0 Å². The Kier molecular flexibility index (Phi) is 5.95. The van der Waals surface area contributed by atoms with Gasteiger partial charge in [-0.3, -0.25) is 9.69 Å². The van der Waals surface area contributed by atoms with E-state index in [-0.39, 0.29) is 23.1 Å². The van der Waals surface area contributed by atoms with Gasteiger partial charge in [-0.1, -0.05) is 32.9 Å². The molecule has 2 aromatic rings. The molecule has 0 saturated carbocycles. The van der Waals surface area contributed by atoms with Gasteiger partial charge in [-0.2, -0.15) is 0 Å². The number of nitrogens with zero attached hydrogens (tertiary/aromatic N) is 2. The van der Waals surface area contributed by atoms with Crippen molar-refractivity contribution in [1.82, 2.24) is 15.2 Å². The zero-order valence-electron chi connectivity index (χ0n) is 16.3. The van der Waals surface area contributed by atoms with Gasteiger partial charge in [0.05, 0.1) is 12.7 Å². The van der Waals surface area contributed by atoms with E-state index in [2.05, 4.69) is 36.0 Å². The molecule has 146 valence electrons. The Morgan fingerprint density at radius 3 is 2.52 bits per heavy atom. The lowest BCUT2D eigenvalue weighted by Crippen LogP contribution is -2.40. The molecule has 1 fully saturated rings. The number of likely N-dealkylation sites (tertiary alicyclic amines) is 1. The van der Waals surface area contributed by atoms with Gasteiger partial charge in [-0.15, -0.1) is 0 Å². The molecule has 1 amide bonds. The Balaban J connectivity index is 1.43. The van der Waals surface area contributed by atoms with E-state index < -0.39 is 0 Å². The van der Waals surface area contributed by atoms with Crippen LogP contribution in [0.5, 0.6) is 0 Å². The summed E-state index contributed by atoms with van der Waals surface area (Å²) in [5.41, 5.74) is 0.863. The minimum atomic E-state index is -0.266. The first-order valence-electron chi connectivity index (χ1n) is 9.51. The fraction of sp³-hybridized carbons (Fsp3) is 0.524. The molecule has 0 atom stereocenters. The minimum absolute atomic E-state index is 0.0244. The smallest absolute Gasteiger partial charge is 0.223 e. The fourth-order valence-electron chi connectivity index (χ4n) is 3.21. The van der Waals surface area contributed by atoms with Crippen molar-refractivity contribution >= 4 is 5.91 Å². The van der Waals surface area contributed by atoms with E-state index in [1.165, 1.54) is 12.1 Å². The lowest BCUT2D eigenvalue weighted by Gasteiger charge is -2.30. The van der Waals surface area contributed by atoms with Crippen LogP contribution in [-0.4, -0.2) is 28.9 Å². The van der Waals surface area contributed by atoms with Gasteiger partial charge in [0.15, 0.2) is 0 Å². The van der Waals surface area contributed by atoms with E-state index in [1.807, 2.05) is 6.20 Å². The third-order valence-corrected chi connectivity index (χ3v) is 4.99. The van der Waals surface area contributed by atoms with Crippen LogP contribution >= 0.6 is 0 Å². The molecule has 3 rings (SSSR count). The lowest BCUT2D eigenvalue weighted by molar-refractivity contribution is -0.126. The third-order valence-electron chi connectivity index (χ3n) is 4.99. The van der Waals surface area contributed by atoms with E-state index in [0.29, 0.717) is 13.1 Å². The number of hydrogen-bond acceptors (Lipinski definition) is 4. The van der Waals surface area contributed by atoms with Gasteiger partial charge in [0.1, 0.15) is 11.6 Å². The number of rotatable bonds is 5. The van der Waals surface area contributed by atoms with Crippen molar-refractivity contribution in [2.45, 2.75) is 52.1 Å². The molecule has 1 aliphatic heterocycles. The summed E-state index contributed by atoms with van der Waals surface area (Å²) < 4.78 is 18.8. The highest BCUT2D eigenvalue weighted by atomic mass is 19.1. The number of aromatic nitrogens is 1. The number of benzene rings is 1. The van der Waals surface area contributed by atoms with E-state index in [1.54, 1.807) is 12.1 Å². The average Bonchev–Trinajstić information content (AvgIpc) is 3.10. The molecule has 1 aromatic carbocycles. The van der Waals surface area contributed by atoms with Gasteiger partial charge in [0.2, 0.25) is 11.8 Å². The molecule has 0 aliphatic carbocycles. The Morgan fingerprint density at radius 2 is 1.93 bits per heavy atom. The van der Waals surface area contributed by atoms with Crippen molar-refractivity contribution in [1.29, 1.82) is 0 Å². The maximum atomic E-state index is 12.9. The van der Waals surface area contributed by atoms with Crippen molar-refractivity contribution in [3.63, 3.8) is 0 Å². The van der Waals surface area contributed by atoms with Crippen LogP contribution < -0.4 is 5.32 Å². The van der Waals surface area contributed by atoms with Crippen LogP contribution in [0.15, 0.2) is 34.9 Å². The molecule has 5 nitrogen and oxygen atoms in total. The molecular formula is C21H28FN3O2. The molecule has 1 N–H and O–H groups in total. The van der Waals surface area contributed by atoms with E-state index in [0.717, 1.165) is 43.1 Å². The first-order valence-corrected chi connectivity index (χ1v) is 9.51. The lowest BCUT2D eigenvalue weighted by atomic mass is 9.94. The second-order valence-corrected chi connectivity index (χ2v) is 8.26. The number of halogens is 1. The number of piperidine rings is 1. The van der Waals surface area contributed by atoms with Crippen LogP contribution in [0.1, 0.15) is 50.8 Å². The summed E-state index contributed by atoms with van der Waals surface area (Å²) in [6.45, 7) is 9.13. The zero-order valence-corrected chi connectivity index (χ0v) is 16.3. The van der Waals surface area contributed by atoms with Crippen molar-refractivity contribution in [3.05, 3.63) is 53.5 Å². The van der Waals surface area contributed by atoms with Crippen LogP contribution in [0.4, 0.5) is 4.39 Å². The summed E-state index contributed by atoms with van der Waals surface area (Å²) in [4.78, 5) is 19.0. The van der Waals surface area contributed by atoms with Gasteiger partial charge < -0.3 is 9.73 Å². The normalized spacial score (nSPS) is 16.4. The summed E-state index contributed by atoms with van der Waals surface area (Å²) in [6, 6.07) is 6.21. The Labute approximate surface area is 160 Å². The predicted octanol–water partition coefficient (Wildman–Crippen LogP) is 3.64. The zero-order chi connectivity index (χ0) is 19.4. The second kappa shape index (κ2) is 8.21. The molecular weight excluding hydrogens is 345 g/mol. The van der Waals surface area contributed by atoms with Crippen molar-refractivity contribution < 1.29 is 13.6 Å². The molecule has 0 unspecified atom stereocenters. The van der Waals surface area contributed by atoms with Crippen molar-refractivity contribution in [2.75, 3.05) is 13.1 Å². The van der Waals surface area contributed by atoms with Gasteiger partial charge in [-0.05, 0) is 43.6 Å². The summed E-state index contributed by atoms with van der Waals surface area (Å²) >= 11 is 0. The quantitative estimate of drug-likeness (QED) is 0.869. The van der Waals surface area contributed by atoms with Crippen LogP contribution in [-0.2, 0) is 23.3 Å². The number of carbonyl (C=O) groups excluding carboxylic acids is 1. The molecule has 1 saturated heterocycles. The Morgan fingerprint density at radius 1 is 1.26 bits per heavy atom. The molecule has 6 heteroatoms. The maximum absolute atomic E-state index is 12.9. The molecule has 1 aliphatic rings. The highest BCUT2D eigenvalue weighted by molar-refractivity contribution is 5.78. The second-order valence-electron chi connectivity index (χ2n) is 8.26. The monoisotopic (exact) mass is 373 g/mol. The van der Waals surface area contributed by atoms with Gasteiger partial charge in [0, 0.05) is 17.9 Å². The van der Waals surface area contributed by atoms with Crippen molar-refractivity contribution in [2.24, 2.45) is 5.92 Å². The molecule has 27 heavy (non-hydrogen) atoms. The highest BCUT2D eigenvalue weighted by Gasteiger charge is 2.26. The summed E-state index contributed by atoms with van der Waals surface area (Å²) in [6.07, 6.45) is 3.45. The van der Waals surface area contributed by atoms with E-state index >= 15 is 0 Å². The summed E-state index contributed by atoms with van der Waals surface area (Å²) in [7, 11) is 0. The number of carbonyl (C=O) groups is 1. The van der Waals surface area contributed by atoms with E-state index in [4.69, 9.17) is 4.42 Å². The van der Waals surface area contributed by atoms with Crippen LogP contribution in [0.2, 0.25) is 0 Å². The Bertz CT molecular complexity index is 756. The van der Waals surface area contributed by atoms with Gasteiger partial charge >= 0.3 is 0 Å². The predicted molar refractivity (Wildman–Crippen MR) is 101 cm³/mol. The topological polar surface area (TPSA) is 58.4 Å². The van der Waals surface area contributed by atoms with Crippen LogP contribution in [0, 0.1) is 11.7 Å². The summed E-state index contributed by atoms with van der Waals surface area (Å²) in [5.74, 6) is 1.46. The van der Waals surface area contributed by atoms with Gasteiger partial charge in [-0.25, -0.2) is 9.37 Å². The summed E-state index contributed by atoms with van der Waals surface area (Å²) in [5, 5.41) is 2.96. The largest absolute Gasteiger partial charge is 0.444 e. The SMILES string of the molecule is CC(C)(C)c1cnc(CN2CCC(C(=O)NCc3ccc(F)cc3)CC2)o1. The number of nitrogens with one attached hydrogen (secondary N) is 1. The molecule has 0 bridgehead atoms. The molecule has 0 spiro atoms. The van der Waals surface area contributed by atoms with Crippen LogP contribution in [0.25, 0.3) is 0 Å². The van der Waals surface area contributed by atoms with E-state index in [9.17, 15) is 9.18 Å². The fourth-order valence-corrected chi connectivity index (χ4v) is 3.21. The molecule has 0 radical (unpaired) electrons. The highest BCUT2D eigenvalue weighted by Crippen LogP contribution is 2.24. The molecule has 1 aromatic heterocycles. The first-order chi connectivity index (χ1) is 12.8. The number of amides is 1.